The first kappa shape index (κ1) is 10.4. The zero-order chi connectivity index (χ0) is 11.2. The maximum Gasteiger partial charge on any atom is 0.195 e. The summed E-state index contributed by atoms with van der Waals surface area (Å²) in [5.74, 6) is 0.0237. The van der Waals surface area contributed by atoms with E-state index in [1.165, 1.54) is 4.40 Å². The zero-order valence-electron chi connectivity index (χ0n) is 7.81. The molecular formula is C8H8BrN3O2S. The van der Waals surface area contributed by atoms with Crippen molar-refractivity contribution in [1.82, 2.24) is 9.38 Å². The molecule has 0 aliphatic rings. The first-order chi connectivity index (χ1) is 6.89. The SMILES string of the molecule is CS(=O)(=O)c1c(N)nc2ccc(Br)cn12. The van der Waals surface area contributed by atoms with E-state index in [1.807, 2.05) is 0 Å². The molecule has 7 heteroatoms. The Balaban J connectivity index is 2.95. The van der Waals surface area contributed by atoms with Gasteiger partial charge in [0.05, 0.1) is 0 Å². The lowest BCUT2D eigenvalue weighted by atomic mass is 10.5. The number of nitrogen functional groups attached to an aromatic ring is 1. The van der Waals surface area contributed by atoms with Gasteiger partial charge < -0.3 is 5.73 Å². The van der Waals surface area contributed by atoms with Crippen molar-refractivity contribution in [3.8, 4) is 0 Å². The van der Waals surface area contributed by atoms with E-state index in [4.69, 9.17) is 5.73 Å². The van der Waals surface area contributed by atoms with Crippen LogP contribution < -0.4 is 5.73 Å². The lowest BCUT2D eigenvalue weighted by molar-refractivity contribution is 0.597. The Labute approximate surface area is 95.0 Å². The predicted molar refractivity (Wildman–Crippen MR) is 60.4 cm³/mol. The molecule has 0 saturated heterocycles. The summed E-state index contributed by atoms with van der Waals surface area (Å²) in [4.78, 5) is 3.96. The van der Waals surface area contributed by atoms with Crippen molar-refractivity contribution in [2.24, 2.45) is 0 Å². The monoisotopic (exact) mass is 289 g/mol. The molecule has 0 unspecified atom stereocenters. The Kier molecular flexibility index (Phi) is 2.23. The molecule has 0 spiro atoms. The molecule has 2 heterocycles. The van der Waals surface area contributed by atoms with Gasteiger partial charge in [0.15, 0.2) is 20.7 Å². The van der Waals surface area contributed by atoms with Crippen LogP contribution in [0.4, 0.5) is 5.82 Å². The minimum absolute atomic E-state index is 0.0237. The van der Waals surface area contributed by atoms with Gasteiger partial charge >= 0.3 is 0 Å². The lowest BCUT2D eigenvalue weighted by Gasteiger charge is -1.99. The van der Waals surface area contributed by atoms with Crippen molar-refractivity contribution >= 4 is 37.2 Å². The highest BCUT2D eigenvalue weighted by atomic mass is 79.9. The number of aromatic nitrogens is 2. The van der Waals surface area contributed by atoms with Crippen LogP contribution in [0.25, 0.3) is 5.65 Å². The van der Waals surface area contributed by atoms with Crippen molar-refractivity contribution < 1.29 is 8.42 Å². The fraction of sp³-hybridized carbons (Fsp3) is 0.125. The van der Waals surface area contributed by atoms with E-state index in [0.717, 1.165) is 10.7 Å². The number of hydrogen-bond acceptors (Lipinski definition) is 4. The highest BCUT2D eigenvalue weighted by Crippen LogP contribution is 2.22. The van der Waals surface area contributed by atoms with Crippen LogP contribution in [0, 0.1) is 0 Å². The Morgan fingerprint density at radius 3 is 2.73 bits per heavy atom. The van der Waals surface area contributed by atoms with E-state index in [-0.39, 0.29) is 10.8 Å². The molecule has 0 atom stereocenters. The van der Waals surface area contributed by atoms with Gasteiger partial charge in [-0.05, 0) is 28.1 Å². The van der Waals surface area contributed by atoms with Crippen LogP contribution in [0.5, 0.6) is 0 Å². The Morgan fingerprint density at radius 1 is 1.47 bits per heavy atom. The van der Waals surface area contributed by atoms with E-state index >= 15 is 0 Å². The average Bonchev–Trinajstić information content (AvgIpc) is 2.38. The molecule has 5 nitrogen and oxygen atoms in total. The molecule has 0 aliphatic carbocycles. The number of anilines is 1. The van der Waals surface area contributed by atoms with Gasteiger partial charge in [-0.1, -0.05) is 0 Å². The second-order valence-corrected chi connectivity index (χ2v) is 6.00. The Hall–Kier alpha value is -1.08. The quantitative estimate of drug-likeness (QED) is 0.852. The van der Waals surface area contributed by atoms with Gasteiger partial charge in [0, 0.05) is 16.9 Å². The summed E-state index contributed by atoms with van der Waals surface area (Å²) >= 11 is 3.26. The van der Waals surface area contributed by atoms with E-state index in [1.54, 1.807) is 18.3 Å². The molecule has 0 fully saturated rings. The number of imidazole rings is 1. The number of fused-ring (bicyclic) bond motifs is 1. The van der Waals surface area contributed by atoms with Crippen molar-refractivity contribution in [3.05, 3.63) is 22.8 Å². The minimum Gasteiger partial charge on any atom is -0.381 e. The summed E-state index contributed by atoms with van der Waals surface area (Å²) in [5.41, 5.74) is 6.07. The van der Waals surface area contributed by atoms with Gasteiger partial charge in [-0.3, -0.25) is 4.40 Å². The first-order valence-corrected chi connectivity index (χ1v) is 6.71. The molecule has 0 bridgehead atoms. The number of halogens is 1. The molecular weight excluding hydrogens is 282 g/mol. The van der Waals surface area contributed by atoms with Crippen molar-refractivity contribution in [1.29, 1.82) is 0 Å². The number of nitrogens with two attached hydrogens (primary N) is 1. The summed E-state index contributed by atoms with van der Waals surface area (Å²) < 4.78 is 25.2. The second kappa shape index (κ2) is 3.21. The average molecular weight is 290 g/mol. The van der Waals surface area contributed by atoms with Crippen LogP contribution in [-0.2, 0) is 9.84 Å². The number of hydrogen-bond donors (Lipinski definition) is 1. The molecule has 0 aromatic carbocycles. The standard InChI is InChI=1S/C8H8BrN3O2S/c1-15(13,14)8-7(10)11-6-3-2-5(9)4-12(6)8/h2-4H,10H2,1H3. The van der Waals surface area contributed by atoms with E-state index < -0.39 is 9.84 Å². The molecule has 2 rings (SSSR count). The fourth-order valence-electron chi connectivity index (χ4n) is 1.38. The highest BCUT2D eigenvalue weighted by molar-refractivity contribution is 9.10. The molecule has 0 saturated carbocycles. The number of sulfone groups is 1. The normalized spacial score (nSPS) is 12.1. The predicted octanol–water partition coefficient (Wildman–Crippen LogP) is 1.08. The minimum atomic E-state index is -3.38. The number of rotatable bonds is 1. The maximum atomic E-state index is 11.5. The second-order valence-electron chi connectivity index (χ2n) is 3.15. The number of pyridine rings is 1. The summed E-state index contributed by atoms with van der Waals surface area (Å²) in [7, 11) is -3.38. The van der Waals surface area contributed by atoms with Crippen LogP contribution in [0.1, 0.15) is 0 Å². The molecule has 0 amide bonds. The third-order valence-corrected chi connectivity index (χ3v) is 3.49. The molecule has 0 radical (unpaired) electrons. The number of nitrogens with zero attached hydrogens (tertiary/aromatic N) is 2. The van der Waals surface area contributed by atoms with Crippen LogP contribution in [-0.4, -0.2) is 24.1 Å². The van der Waals surface area contributed by atoms with Crippen molar-refractivity contribution in [2.75, 3.05) is 12.0 Å². The summed E-state index contributed by atoms with van der Waals surface area (Å²) in [6.07, 6.45) is 2.72. The molecule has 0 aliphatic heterocycles. The topological polar surface area (TPSA) is 77.5 Å². The zero-order valence-corrected chi connectivity index (χ0v) is 10.2. The summed E-state index contributed by atoms with van der Waals surface area (Å²) in [5, 5.41) is 0.0267. The van der Waals surface area contributed by atoms with Gasteiger partial charge in [-0.15, -0.1) is 0 Å². The van der Waals surface area contributed by atoms with Gasteiger partial charge in [0.1, 0.15) is 5.65 Å². The van der Waals surface area contributed by atoms with Gasteiger partial charge in [0.2, 0.25) is 0 Å². The highest BCUT2D eigenvalue weighted by Gasteiger charge is 2.19. The van der Waals surface area contributed by atoms with Crippen LogP contribution in [0.2, 0.25) is 0 Å². The molecule has 80 valence electrons. The van der Waals surface area contributed by atoms with Gasteiger partial charge in [-0.25, -0.2) is 13.4 Å². The summed E-state index contributed by atoms with van der Waals surface area (Å²) in [6, 6.07) is 3.46. The van der Waals surface area contributed by atoms with Crippen LogP contribution in [0.3, 0.4) is 0 Å². The van der Waals surface area contributed by atoms with Crippen LogP contribution in [0.15, 0.2) is 27.8 Å². The van der Waals surface area contributed by atoms with E-state index in [2.05, 4.69) is 20.9 Å². The smallest absolute Gasteiger partial charge is 0.195 e. The van der Waals surface area contributed by atoms with E-state index in [0.29, 0.717) is 5.65 Å². The Bertz CT molecular complexity index is 633. The van der Waals surface area contributed by atoms with Gasteiger partial charge in [0.25, 0.3) is 0 Å². The molecule has 2 N–H and O–H groups in total. The van der Waals surface area contributed by atoms with E-state index in [9.17, 15) is 8.42 Å². The molecule has 2 aromatic heterocycles. The fourth-order valence-corrected chi connectivity index (χ4v) is 2.65. The van der Waals surface area contributed by atoms with Crippen molar-refractivity contribution in [2.45, 2.75) is 5.03 Å². The van der Waals surface area contributed by atoms with Gasteiger partial charge in [-0.2, -0.15) is 0 Å². The lowest BCUT2D eigenvalue weighted by Crippen LogP contribution is -2.04. The van der Waals surface area contributed by atoms with Crippen molar-refractivity contribution in [3.63, 3.8) is 0 Å². The first-order valence-electron chi connectivity index (χ1n) is 4.03. The Morgan fingerprint density at radius 2 is 2.13 bits per heavy atom. The maximum absolute atomic E-state index is 11.5. The molecule has 2 aromatic rings. The summed E-state index contributed by atoms with van der Waals surface area (Å²) in [6.45, 7) is 0. The molecule has 15 heavy (non-hydrogen) atoms. The third-order valence-electron chi connectivity index (χ3n) is 1.92. The largest absolute Gasteiger partial charge is 0.381 e. The van der Waals surface area contributed by atoms with Crippen LogP contribution >= 0.6 is 15.9 Å². The third kappa shape index (κ3) is 1.72.